The Morgan fingerprint density at radius 2 is 1.57 bits per heavy atom. The minimum Gasteiger partial charge on any atom is -0.493 e. The summed E-state index contributed by atoms with van der Waals surface area (Å²) in [5.41, 5.74) is 1.44. The molecule has 3 aromatic carbocycles. The maximum Gasteiger partial charge on any atom is 0.261 e. The molecule has 0 radical (unpaired) electrons. The third kappa shape index (κ3) is 3.04. The first-order valence-corrected chi connectivity index (χ1v) is 7.69. The second-order valence-corrected chi connectivity index (χ2v) is 5.33. The molecule has 23 heavy (non-hydrogen) atoms. The van der Waals surface area contributed by atoms with Crippen LogP contribution in [0.25, 0.3) is 10.8 Å². The number of rotatable bonds is 4. The SMILES string of the molecule is CCOc1cc2ccccc2cc1C(=O)N(C)c1ccccc1. The summed E-state index contributed by atoms with van der Waals surface area (Å²) >= 11 is 0. The zero-order valence-electron chi connectivity index (χ0n) is 13.3. The van der Waals surface area contributed by atoms with E-state index in [1.165, 1.54) is 0 Å². The fraction of sp³-hybridized carbons (Fsp3) is 0.150. The van der Waals surface area contributed by atoms with Crippen molar-refractivity contribution in [2.75, 3.05) is 18.6 Å². The molecule has 0 unspecified atom stereocenters. The normalized spacial score (nSPS) is 10.5. The van der Waals surface area contributed by atoms with E-state index in [9.17, 15) is 4.79 Å². The van der Waals surface area contributed by atoms with Gasteiger partial charge in [-0.3, -0.25) is 4.79 Å². The summed E-state index contributed by atoms with van der Waals surface area (Å²) < 4.78 is 5.70. The molecule has 3 aromatic rings. The molecule has 3 rings (SSSR count). The van der Waals surface area contributed by atoms with Gasteiger partial charge in [0.25, 0.3) is 5.91 Å². The highest BCUT2D eigenvalue weighted by molar-refractivity contribution is 6.09. The number of nitrogens with zero attached hydrogens (tertiary/aromatic N) is 1. The van der Waals surface area contributed by atoms with E-state index in [0.29, 0.717) is 17.9 Å². The molecule has 0 N–H and O–H groups in total. The van der Waals surface area contributed by atoms with Gasteiger partial charge in [-0.25, -0.2) is 0 Å². The monoisotopic (exact) mass is 305 g/mol. The van der Waals surface area contributed by atoms with E-state index in [4.69, 9.17) is 4.74 Å². The topological polar surface area (TPSA) is 29.5 Å². The van der Waals surface area contributed by atoms with Crippen molar-refractivity contribution in [3.63, 3.8) is 0 Å². The number of hydrogen-bond donors (Lipinski definition) is 0. The van der Waals surface area contributed by atoms with Crippen molar-refractivity contribution in [3.05, 3.63) is 72.3 Å². The van der Waals surface area contributed by atoms with E-state index >= 15 is 0 Å². The van der Waals surface area contributed by atoms with Crippen LogP contribution >= 0.6 is 0 Å². The summed E-state index contributed by atoms with van der Waals surface area (Å²) in [6, 6.07) is 21.4. The Hall–Kier alpha value is -2.81. The number of carbonyl (C=O) groups is 1. The highest BCUT2D eigenvalue weighted by Crippen LogP contribution is 2.28. The Labute approximate surface area is 136 Å². The molecule has 0 atom stereocenters. The zero-order chi connectivity index (χ0) is 16.2. The highest BCUT2D eigenvalue weighted by Gasteiger charge is 2.19. The van der Waals surface area contributed by atoms with Gasteiger partial charge in [0.15, 0.2) is 0 Å². The summed E-state index contributed by atoms with van der Waals surface area (Å²) in [4.78, 5) is 14.6. The van der Waals surface area contributed by atoms with E-state index in [1.54, 1.807) is 11.9 Å². The van der Waals surface area contributed by atoms with E-state index in [2.05, 4.69) is 0 Å². The molecule has 0 aliphatic heterocycles. The summed E-state index contributed by atoms with van der Waals surface area (Å²) in [5.74, 6) is 0.546. The molecule has 0 aliphatic rings. The first-order valence-electron chi connectivity index (χ1n) is 7.69. The Morgan fingerprint density at radius 3 is 2.22 bits per heavy atom. The lowest BCUT2D eigenvalue weighted by molar-refractivity contribution is 0.0989. The fourth-order valence-corrected chi connectivity index (χ4v) is 2.61. The largest absolute Gasteiger partial charge is 0.493 e. The van der Waals surface area contributed by atoms with Crippen LogP contribution < -0.4 is 9.64 Å². The molecule has 1 amide bonds. The Kier molecular flexibility index (Phi) is 4.29. The Balaban J connectivity index is 2.06. The Morgan fingerprint density at radius 1 is 0.957 bits per heavy atom. The van der Waals surface area contributed by atoms with Crippen LogP contribution in [-0.4, -0.2) is 19.6 Å². The van der Waals surface area contributed by atoms with Gasteiger partial charge in [-0.05, 0) is 42.0 Å². The molecule has 0 aliphatic carbocycles. The number of fused-ring (bicyclic) bond motifs is 1. The highest BCUT2D eigenvalue weighted by atomic mass is 16.5. The van der Waals surface area contributed by atoms with Crippen LogP contribution in [0.3, 0.4) is 0 Å². The van der Waals surface area contributed by atoms with Crippen LogP contribution in [0.4, 0.5) is 5.69 Å². The molecule has 3 nitrogen and oxygen atoms in total. The summed E-state index contributed by atoms with van der Waals surface area (Å²) in [7, 11) is 1.78. The van der Waals surface area contributed by atoms with Crippen molar-refractivity contribution < 1.29 is 9.53 Å². The van der Waals surface area contributed by atoms with Crippen LogP contribution in [0.2, 0.25) is 0 Å². The quantitative estimate of drug-likeness (QED) is 0.709. The Bertz CT molecular complexity index is 827. The van der Waals surface area contributed by atoms with Crippen LogP contribution in [0.1, 0.15) is 17.3 Å². The van der Waals surface area contributed by atoms with Crippen molar-refractivity contribution >= 4 is 22.4 Å². The van der Waals surface area contributed by atoms with Crippen LogP contribution in [0.15, 0.2) is 66.7 Å². The lowest BCUT2D eigenvalue weighted by Crippen LogP contribution is -2.26. The molecular formula is C20H19NO2. The number of anilines is 1. The molecule has 0 aromatic heterocycles. The van der Waals surface area contributed by atoms with Gasteiger partial charge in [0.05, 0.1) is 12.2 Å². The number of ether oxygens (including phenoxy) is 1. The second-order valence-electron chi connectivity index (χ2n) is 5.33. The fourth-order valence-electron chi connectivity index (χ4n) is 2.61. The average molecular weight is 305 g/mol. The first kappa shape index (κ1) is 15.1. The first-order chi connectivity index (χ1) is 11.2. The van der Waals surface area contributed by atoms with E-state index in [0.717, 1.165) is 16.5 Å². The van der Waals surface area contributed by atoms with Crippen molar-refractivity contribution in [1.29, 1.82) is 0 Å². The van der Waals surface area contributed by atoms with Crippen molar-refractivity contribution in [2.24, 2.45) is 0 Å². The number of para-hydroxylation sites is 1. The summed E-state index contributed by atoms with van der Waals surface area (Å²) in [5, 5.41) is 2.09. The van der Waals surface area contributed by atoms with Gasteiger partial charge >= 0.3 is 0 Å². The molecule has 0 fully saturated rings. The van der Waals surface area contributed by atoms with Crippen LogP contribution in [-0.2, 0) is 0 Å². The summed E-state index contributed by atoms with van der Waals surface area (Å²) in [6.45, 7) is 2.44. The van der Waals surface area contributed by atoms with Crippen LogP contribution in [0.5, 0.6) is 5.75 Å². The lowest BCUT2D eigenvalue weighted by atomic mass is 10.0. The third-order valence-corrected chi connectivity index (χ3v) is 3.83. The van der Waals surface area contributed by atoms with Crippen molar-refractivity contribution in [3.8, 4) is 5.75 Å². The maximum absolute atomic E-state index is 12.9. The smallest absolute Gasteiger partial charge is 0.261 e. The minimum atomic E-state index is -0.0783. The van der Waals surface area contributed by atoms with Gasteiger partial charge in [-0.2, -0.15) is 0 Å². The average Bonchev–Trinajstić information content (AvgIpc) is 2.61. The van der Waals surface area contributed by atoms with Gasteiger partial charge in [0.1, 0.15) is 5.75 Å². The number of carbonyl (C=O) groups excluding carboxylic acids is 1. The van der Waals surface area contributed by atoms with E-state index < -0.39 is 0 Å². The van der Waals surface area contributed by atoms with Gasteiger partial charge in [-0.15, -0.1) is 0 Å². The van der Waals surface area contributed by atoms with E-state index in [-0.39, 0.29) is 5.91 Å². The van der Waals surface area contributed by atoms with Gasteiger partial charge in [0.2, 0.25) is 0 Å². The second kappa shape index (κ2) is 6.53. The van der Waals surface area contributed by atoms with Gasteiger partial charge < -0.3 is 9.64 Å². The minimum absolute atomic E-state index is 0.0783. The molecule has 0 bridgehead atoms. The molecule has 3 heteroatoms. The summed E-state index contributed by atoms with van der Waals surface area (Å²) in [6.07, 6.45) is 0. The predicted molar refractivity (Wildman–Crippen MR) is 94.3 cm³/mol. The van der Waals surface area contributed by atoms with Gasteiger partial charge in [0, 0.05) is 12.7 Å². The predicted octanol–water partition coefficient (Wildman–Crippen LogP) is 4.52. The molecule has 0 spiro atoms. The third-order valence-electron chi connectivity index (χ3n) is 3.83. The van der Waals surface area contributed by atoms with Crippen molar-refractivity contribution in [1.82, 2.24) is 0 Å². The maximum atomic E-state index is 12.9. The van der Waals surface area contributed by atoms with Crippen LogP contribution in [0, 0.1) is 0 Å². The standard InChI is InChI=1S/C20H19NO2/c1-3-23-19-14-16-10-8-7-9-15(16)13-18(19)20(22)21(2)17-11-5-4-6-12-17/h4-14H,3H2,1-2H3. The number of hydrogen-bond acceptors (Lipinski definition) is 2. The molecular weight excluding hydrogens is 286 g/mol. The molecule has 0 saturated carbocycles. The van der Waals surface area contributed by atoms with Crippen molar-refractivity contribution in [2.45, 2.75) is 6.92 Å². The number of amides is 1. The van der Waals surface area contributed by atoms with Gasteiger partial charge in [-0.1, -0.05) is 42.5 Å². The number of benzene rings is 3. The van der Waals surface area contributed by atoms with E-state index in [1.807, 2.05) is 73.7 Å². The zero-order valence-corrected chi connectivity index (χ0v) is 13.3. The molecule has 0 heterocycles. The molecule has 0 saturated heterocycles. The molecule has 116 valence electrons. The lowest BCUT2D eigenvalue weighted by Gasteiger charge is -2.19.